The molecule has 5 heteroatoms. The predicted molar refractivity (Wildman–Crippen MR) is 92.4 cm³/mol. The second-order valence-electron chi connectivity index (χ2n) is 5.58. The molecule has 0 bridgehead atoms. The molecule has 2 heterocycles. The third-order valence-corrected chi connectivity index (χ3v) is 6.08. The average Bonchev–Trinajstić information content (AvgIpc) is 3.11. The third kappa shape index (κ3) is 2.66. The molecule has 0 amide bonds. The molecule has 0 spiro atoms. The summed E-state index contributed by atoms with van der Waals surface area (Å²) in [6, 6.07) is 16.6. The second kappa shape index (κ2) is 6.06. The summed E-state index contributed by atoms with van der Waals surface area (Å²) in [5.41, 5.74) is 2.44. The van der Waals surface area contributed by atoms with Crippen LogP contribution in [0.2, 0.25) is 10.0 Å². The quantitative estimate of drug-likeness (QED) is 0.743. The van der Waals surface area contributed by atoms with E-state index in [2.05, 4.69) is 29.2 Å². The molecule has 0 aromatic heterocycles. The van der Waals surface area contributed by atoms with Gasteiger partial charge in [0.2, 0.25) is 0 Å². The van der Waals surface area contributed by atoms with Gasteiger partial charge in [-0.25, -0.2) is 0 Å². The fraction of sp³-hybridized carbons (Fsp3) is 0.294. The lowest BCUT2D eigenvalue weighted by Crippen LogP contribution is -2.30. The lowest BCUT2D eigenvalue weighted by atomic mass is 10.1. The molecule has 3 atom stereocenters. The number of rotatable bonds is 2. The lowest BCUT2D eigenvalue weighted by molar-refractivity contribution is 0.0258. The van der Waals surface area contributed by atoms with Crippen molar-refractivity contribution in [2.24, 2.45) is 0 Å². The van der Waals surface area contributed by atoms with E-state index in [0.29, 0.717) is 11.4 Å². The van der Waals surface area contributed by atoms with Gasteiger partial charge in [-0.3, -0.25) is 4.90 Å². The van der Waals surface area contributed by atoms with Gasteiger partial charge in [-0.15, -0.1) is 11.8 Å². The number of ether oxygens (including phenoxy) is 1. The third-order valence-electron chi connectivity index (χ3n) is 4.17. The number of fused-ring (bicyclic) bond motifs is 1. The van der Waals surface area contributed by atoms with E-state index >= 15 is 0 Å². The summed E-state index contributed by atoms with van der Waals surface area (Å²) in [6.45, 7) is 0.782. The predicted octanol–water partition coefficient (Wildman–Crippen LogP) is 5.14. The molecule has 0 aliphatic carbocycles. The molecule has 2 aromatic rings. The van der Waals surface area contributed by atoms with Crippen molar-refractivity contribution in [3.63, 3.8) is 0 Å². The summed E-state index contributed by atoms with van der Waals surface area (Å²) in [5.74, 6) is 1.09. The van der Waals surface area contributed by atoms with Crippen molar-refractivity contribution in [1.29, 1.82) is 0 Å². The minimum absolute atomic E-state index is 0.00190. The summed E-state index contributed by atoms with van der Waals surface area (Å²) in [4.78, 5) is 2.47. The number of benzene rings is 2. The van der Waals surface area contributed by atoms with E-state index in [0.717, 1.165) is 28.0 Å². The highest BCUT2D eigenvalue weighted by atomic mass is 35.5. The van der Waals surface area contributed by atoms with E-state index in [9.17, 15) is 0 Å². The average molecular weight is 352 g/mol. The summed E-state index contributed by atoms with van der Waals surface area (Å²) in [7, 11) is 0. The van der Waals surface area contributed by atoms with Crippen LogP contribution < -0.4 is 0 Å². The number of nitrogens with zero attached hydrogens (tertiary/aromatic N) is 1. The minimum Gasteiger partial charge on any atom is -0.357 e. The summed E-state index contributed by atoms with van der Waals surface area (Å²) in [5, 5.41) is 1.84. The van der Waals surface area contributed by atoms with E-state index in [1.165, 1.54) is 5.56 Å². The van der Waals surface area contributed by atoms with E-state index in [-0.39, 0.29) is 6.23 Å². The smallest absolute Gasteiger partial charge is 0.138 e. The highest BCUT2D eigenvalue weighted by Gasteiger charge is 2.45. The first-order chi connectivity index (χ1) is 10.7. The molecule has 0 radical (unpaired) electrons. The molecule has 2 aliphatic heterocycles. The van der Waals surface area contributed by atoms with Gasteiger partial charge < -0.3 is 4.74 Å². The van der Waals surface area contributed by atoms with Gasteiger partial charge in [-0.05, 0) is 35.4 Å². The van der Waals surface area contributed by atoms with Crippen molar-refractivity contribution in [1.82, 2.24) is 4.90 Å². The fourth-order valence-electron chi connectivity index (χ4n) is 3.09. The Morgan fingerprint density at radius 2 is 1.50 bits per heavy atom. The maximum Gasteiger partial charge on any atom is 0.138 e. The van der Waals surface area contributed by atoms with Gasteiger partial charge >= 0.3 is 0 Å². The van der Waals surface area contributed by atoms with Crippen molar-refractivity contribution >= 4 is 35.0 Å². The van der Waals surface area contributed by atoms with Crippen molar-refractivity contribution in [2.75, 3.05) is 12.4 Å². The maximum atomic E-state index is 6.06. The van der Waals surface area contributed by atoms with Crippen molar-refractivity contribution in [3.8, 4) is 0 Å². The highest BCUT2D eigenvalue weighted by molar-refractivity contribution is 7.99. The van der Waals surface area contributed by atoms with Crippen LogP contribution in [0.25, 0.3) is 0 Å². The molecule has 2 fully saturated rings. The maximum absolute atomic E-state index is 6.06. The van der Waals surface area contributed by atoms with Crippen LogP contribution in [0.5, 0.6) is 0 Å². The van der Waals surface area contributed by atoms with Crippen molar-refractivity contribution in [2.45, 2.75) is 17.6 Å². The van der Waals surface area contributed by atoms with E-state index < -0.39 is 0 Å². The first-order valence-corrected chi connectivity index (χ1v) is 9.04. The van der Waals surface area contributed by atoms with Gasteiger partial charge in [0.1, 0.15) is 6.23 Å². The number of thioether (sulfide) groups is 1. The normalized spacial score (nSPS) is 28.0. The number of halogens is 2. The zero-order valence-electron chi connectivity index (χ0n) is 11.8. The van der Waals surface area contributed by atoms with Crippen LogP contribution in [0.15, 0.2) is 48.5 Å². The molecule has 114 valence electrons. The first kappa shape index (κ1) is 14.9. The topological polar surface area (TPSA) is 12.5 Å². The van der Waals surface area contributed by atoms with E-state index in [1.807, 2.05) is 36.0 Å². The van der Waals surface area contributed by atoms with E-state index in [1.54, 1.807) is 0 Å². The first-order valence-electron chi connectivity index (χ1n) is 7.24. The Kier molecular flexibility index (Phi) is 4.09. The fourth-order valence-corrected chi connectivity index (χ4v) is 4.82. The van der Waals surface area contributed by atoms with Crippen molar-refractivity contribution < 1.29 is 4.74 Å². The summed E-state index contributed by atoms with van der Waals surface area (Å²) < 4.78 is 6.06. The Bertz CT molecular complexity index is 604. The highest BCUT2D eigenvalue weighted by Crippen LogP contribution is 2.49. The number of hydrogen-bond acceptors (Lipinski definition) is 3. The molecule has 2 saturated heterocycles. The Labute approximate surface area is 144 Å². The van der Waals surface area contributed by atoms with Gasteiger partial charge in [-0.2, -0.15) is 0 Å². The molecule has 2 aliphatic rings. The Morgan fingerprint density at radius 3 is 2.14 bits per heavy atom. The van der Waals surface area contributed by atoms with Crippen LogP contribution in [0.1, 0.15) is 22.7 Å². The molecule has 2 nitrogen and oxygen atoms in total. The molecule has 0 unspecified atom stereocenters. The van der Waals surface area contributed by atoms with Gasteiger partial charge in [0, 0.05) is 21.8 Å². The standard InChI is InChI=1S/C17H15Cl2NOS/c18-13-5-1-11(2-6-13)16-20-15(9-21-16)10-22-17(20)12-3-7-14(19)8-4-12/h1-8,15-17H,9-10H2/t15-,16+,17+/m1/s1. The molecule has 0 N–H and O–H groups in total. The molecule has 22 heavy (non-hydrogen) atoms. The summed E-state index contributed by atoms with van der Waals surface area (Å²) >= 11 is 14.0. The summed E-state index contributed by atoms with van der Waals surface area (Å²) in [6.07, 6.45) is -0.00190. The van der Waals surface area contributed by atoms with Crippen LogP contribution >= 0.6 is 35.0 Å². The largest absolute Gasteiger partial charge is 0.357 e. The minimum atomic E-state index is -0.00190. The molecular formula is C17H15Cl2NOS. The van der Waals surface area contributed by atoms with E-state index in [4.69, 9.17) is 27.9 Å². The van der Waals surface area contributed by atoms with Crippen LogP contribution in [-0.4, -0.2) is 23.3 Å². The van der Waals surface area contributed by atoms with Crippen LogP contribution in [0.3, 0.4) is 0 Å². The zero-order valence-corrected chi connectivity index (χ0v) is 14.1. The van der Waals surface area contributed by atoms with Gasteiger partial charge in [0.05, 0.1) is 12.0 Å². The van der Waals surface area contributed by atoms with Gasteiger partial charge in [0.15, 0.2) is 0 Å². The monoisotopic (exact) mass is 351 g/mol. The van der Waals surface area contributed by atoms with Crippen LogP contribution in [0, 0.1) is 0 Å². The van der Waals surface area contributed by atoms with Crippen LogP contribution in [-0.2, 0) is 4.74 Å². The molecule has 2 aromatic carbocycles. The second-order valence-corrected chi connectivity index (χ2v) is 7.56. The lowest BCUT2D eigenvalue weighted by Gasteiger charge is -2.28. The molecule has 4 rings (SSSR count). The molecular weight excluding hydrogens is 337 g/mol. The van der Waals surface area contributed by atoms with Gasteiger partial charge in [0.25, 0.3) is 0 Å². The SMILES string of the molecule is Clc1ccc([C@@H]2OC[C@@H]3CS[C@@H](c4ccc(Cl)cc4)N32)cc1. The van der Waals surface area contributed by atoms with Gasteiger partial charge in [-0.1, -0.05) is 47.5 Å². The number of hydrogen-bond donors (Lipinski definition) is 0. The Balaban J connectivity index is 1.65. The van der Waals surface area contributed by atoms with Crippen LogP contribution in [0.4, 0.5) is 0 Å². The zero-order chi connectivity index (χ0) is 15.1. The van der Waals surface area contributed by atoms with Crippen molar-refractivity contribution in [3.05, 3.63) is 69.7 Å². The Hall–Kier alpha value is -0.710. The Morgan fingerprint density at radius 1 is 0.909 bits per heavy atom. The molecule has 0 saturated carbocycles.